The molecule has 1 heterocycles. The van der Waals surface area contributed by atoms with Crippen LogP contribution in [0.4, 0.5) is 0 Å². The van der Waals surface area contributed by atoms with Crippen LogP contribution in [0.1, 0.15) is 76.8 Å². The number of phenolic OH excluding ortho intramolecular Hbond substituents is 1. The average molecular weight is 570 g/mol. The zero-order valence-corrected chi connectivity index (χ0v) is 24.1. The second kappa shape index (κ2) is 15.1. The number of rotatable bonds is 15. The molecule has 3 aromatic rings. The second-order valence-electron chi connectivity index (χ2n) is 11.4. The number of benzene rings is 2. The highest BCUT2D eigenvalue weighted by molar-refractivity contribution is 5.87. The number of fused-ring (bicyclic) bond motifs is 1. The number of aromatic hydroxyl groups is 1. The molecule has 0 bridgehead atoms. The third-order valence-corrected chi connectivity index (χ3v) is 6.89. The number of aromatic nitrogens is 3. The van der Waals surface area contributed by atoms with Crippen LogP contribution in [0.2, 0.25) is 0 Å². The van der Waals surface area contributed by atoms with Crippen LogP contribution >= 0.6 is 0 Å². The number of esters is 1. The number of phenols is 1. The van der Waals surface area contributed by atoms with Gasteiger partial charge in [0, 0.05) is 24.7 Å². The molecule has 0 saturated heterocycles. The van der Waals surface area contributed by atoms with Crippen molar-refractivity contribution in [2.24, 2.45) is 0 Å². The summed E-state index contributed by atoms with van der Waals surface area (Å²) >= 11 is 0. The molecule has 3 atom stereocenters. The highest BCUT2D eigenvalue weighted by atomic mass is 16.5. The predicted octanol–water partition coefficient (Wildman–Crippen LogP) is 3.79. The summed E-state index contributed by atoms with van der Waals surface area (Å²) in [5.74, 6) is -0.501. The zero-order chi connectivity index (χ0) is 30.0. The lowest BCUT2D eigenvalue weighted by Crippen LogP contribution is -2.18. The van der Waals surface area contributed by atoms with Crippen molar-refractivity contribution in [2.45, 2.75) is 89.4 Å². The zero-order valence-electron chi connectivity index (χ0n) is 24.1. The molecule has 0 spiro atoms. The first-order valence-electron chi connectivity index (χ1n) is 14.2. The molecule has 41 heavy (non-hydrogen) atoms. The molecule has 0 saturated carbocycles. The third-order valence-electron chi connectivity index (χ3n) is 6.89. The molecular weight excluding hydrogens is 526 g/mol. The fourth-order valence-corrected chi connectivity index (χ4v) is 4.47. The molecule has 3 rings (SSSR count). The fourth-order valence-electron chi connectivity index (χ4n) is 4.47. The lowest BCUT2D eigenvalue weighted by Gasteiger charge is -2.22. The molecule has 0 aliphatic carbocycles. The maximum absolute atomic E-state index is 12.4. The molecule has 0 aliphatic rings. The molecule has 10 nitrogen and oxygen atoms in total. The Morgan fingerprint density at radius 3 is 2.05 bits per heavy atom. The van der Waals surface area contributed by atoms with E-state index in [2.05, 4.69) is 10.2 Å². The number of nitrogens with zero attached hydrogens (tertiary/aromatic N) is 3. The summed E-state index contributed by atoms with van der Waals surface area (Å²) in [6.45, 7) is 6.00. The summed E-state index contributed by atoms with van der Waals surface area (Å²) < 4.78 is 5.25. The van der Waals surface area contributed by atoms with E-state index in [1.54, 1.807) is 12.1 Å². The topological polar surface area (TPSA) is 158 Å². The van der Waals surface area contributed by atoms with E-state index < -0.39 is 24.3 Å². The van der Waals surface area contributed by atoms with Crippen LogP contribution in [-0.4, -0.2) is 78.0 Å². The van der Waals surface area contributed by atoms with Gasteiger partial charge in [0.15, 0.2) is 0 Å². The van der Waals surface area contributed by atoms with E-state index in [0.717, 1.165) is 0 Å². The number of aliphatic hydroxyl groups is 4. The molecule has 3 unspecified atom stereocenters. The highest BCUT2D eigenvalue weighted by Gasteiger charge is 2.23. The lowest BCUT2D eigenvalue weighted by atomic mass is 9.85. The van der Waals surface area contributed by atoms with Gasteiger partial charge in [0.05, 0.1) is 24.9 Å². The van der Waals surface area contributed by atoms with Crippen molar-refractivity contribution >= 4 is 23.1 Å². The van der Waals surface area contributed by atoms with Gasteiger partial charge in [-0.2, -0.15) is 0 Å². The van der Waals surface area contributed by atoms with E-state index in [1.165, 1.54) is 10.9 Å². The van der Waals surface area contributed by atoms with E-state index in [4.69, 9.17) is 9.84 Å². The van der Waals surface area contributed by atoms with Crippen molar-refractivity contribution in [1.29, 1.82) is 0 Å². The summed E-state index contributed by atoms with van der Waals surface area (Å²) in [4.78, 5) is 13.8. The molecule has 0 amide bonds. The molecule has 1 aromatic heterocycles. The largest absolute Gasteiger partial charge is 0.505 e. The van der Waals surface area contributed by atoms with Crippen molar-refractivity contribution in [2.75, 3.05) is 13.2 Å². The molecule has 2 aromatic carbocycles. The standard InChI is InChI=1S/C31H43N3O7/c1-31(2,3)25-19-21(20-28(30(25)40)34-32-26-8-4-5-9-27(26)33-34)10-15-29(39)41-18-16-24(38)14-13-23(37)12-11-22(36)7-6-17-35/h4-5,8-10,15,19-20,22-24,35-38,40H,6-7,11-14,16-18H2,1-3H3/b15-10+. The number of carbonyl (C=O) groups is 1. The average Bonchev–Trinajstić information content (AvgIpc) is 3.36. The minimum Gasteiger partial charge on any atom is -0.505 e. The first kappa shape index (κ1) is 32.2. The van der Waals surface area contributed by atoms with Gasteiger partial charge in [0.25, 0.3) is 0 Å². The van der Waals surface area contributed by atoms with E-state index in [1.807, 2.05) is 51.1 Å². The van der Waals surface area contributed by atoms with Gasteiger partial charge in [-0.1, -0.05) is 32.9 Å². The van der Waals surface area contributed by atoms with Gasteiger partial charge in [-0.05, 0) is 79.8 Å². The monoisotopic (exact) mass is 569 g/mol. The third kappa shape index (κ3) is 9.93. The highest BCUT2D eigenvalue weighted by Crippen LogP contribution is 2.36. The van der Waals surface area contributed by atoms with Crippen molar-refractivity contribution in [3.8, 4) is 11.4 Å². The van der Waals surface area contributed by atoms with Crippen LogP contribution < -0.4 is 0 Å². The Labute approximate surface area is 240 Å². The van der Waals surface area contributed by atoms with E-state index in [0.29, 0.717) is 66.4 Å². The summed E-state index contributed by atoms with van der Waals surface area (Å²) in [6, 6.07) is 10.9. The van der Waals surface area contributed by atoms with E-state index >= 15 is 0 Å². The number of hydrogen-bond acceptors (Lipinski definition) is 9. The van der Waals surface area contributed by atoms with Crippen molar-refractivity contribution in [3.63, 3.8) is 0 Å². The van der Waals surface area contributed by atoms with Gasteiger partial charge in [-0.25, -0.2) is 4.79 Å². The number of carbonyl (C=O) groups excluding carboxylic acids is 1. The Balaban J connectivity index is 1.54. The summed E-state index contributed by atoms with van der Waals surface area (Å²) in [5, 5.41) is 58.9. The van der Waals surface area contributed by atoms with Crippen LogP contribution in [-0.2, 0) is 14.9 Å². The molecule has 10 heteroatoms. The molecule has 0 fully saturated rings. The minimum absolute atomic E-state index is 0.0260. The quantitative estimate of drug-likeness (QED) is 0.136. The first-order chi connectivity index (χ1) is 19.5. The second-order valence-corrected chi connectivity index (χ2v) is 11.4. The fraction of sp³-hybridized carbons (Fsp3) is 0.516. The SMILES string of the molecule is CC(C)(C)c1cc(/C=C/C(=O)OCCC(O)CCC(O)CCC(O)CCCO)cc(-n2nc3ccccc3n2)c1O. The molecule has 5 N–H and O–H groups in total. The summed E-state index contributed by atoms with van der Waals surface area (Å²) in [7, 11) is 0. The van der Waals surface area contributed by atoms with Crippen molar-refractivity contribution < 1.29 is 35.1 Å². The summed E-state index contributed by atoms with van der Waals surface area (Å²) in [6.07, 6.45) is 3.83. The Morgan fingerprint density at radius 2 is 1.49 bits per heavy atom. The lowest BCUT2D eigenvalue weighted by molar-refractivity contribution is -0.138. The minimum atomic E-state index is -0.730. The maximum atomic E-state index is 12.4. The van der Waals surface area contributed by atoms with Crippen molar-refractivity contribution in [3.05, 3.63) is 53.6 Å². The van der Waals surface area contributed by atoms with Gasteiger partial charge in [0.2, 0.25) is 0 Å². The van der Waals surface area contributed by atoms with Crippen molar-refractivity contribution in [1.82, 2.24) is 15.0 Å². The number of ether oxygens (including phenoxy) is 1. The molecular formula is C31H43N3O7. The van der Waals surface area contributed by atoms with Gasteiger partial charge >= 0.3 is 5.97 Å². The van der Waals surface area contributed by atoms with Gasteiger partial charge < -0.3 is 30.3 Å². The summed E-state index contributed by atoms with van der Waals surface area (Å²) in [5.41, 5.74) is 2.73. The predicted molar refractivity (Wildman–Crippen MR) is 157 cm³/mol. The Hall–Kier alpha value is -3.31. The van der Waals surface area contributed by atoms with Gasteiger partial charge in [-0.15, -0.1) is 15.0 Å². The molecule has 0 radical (unpaired) electrons. The number of hydrogen-bond donors (Lipinski definition) is 5. The van der Waals surface area contributed by atoms with Crippen LogP contribution in [0, 0.1) is 0 Å². The van der Waals surface area contributed by atoms with E-state index in [9.17, 15) is 25.2 Å². The first-order valence-corrected chi connectivity index (χ1v) is 14.2. The van der Waals surface area contributed by atoms with Crippen LogP contribution in [0.3, 0.4) is 0 Å². The van der Waals surface area contributed by atoms with Gasteiger partial charge in [0.1, 0.15) is 22.5 Å². The number of aliphatic hydroxyl groups excluding tert-OH is 4. The molecule has 0 aliphatic heterocycles. The van der Waals surface area contributed by atoms with E-state index in [-0.39, 0.29) is 30.8 Å². The Kier molecular flexibility index (Phi) is 11.8. The Bertz CT molecular complexity index is 1270. The maximum Gasteiger partial charge on any atom is 0.330 e. The smallest absolute Gasteiger partial charge is 0.330 e. The normalized spacial score (nSPS) is 14.4. The Morgan fingerprint density at radius 1 is 0.927 bits per heavy atom. The molecule has 224 valence electrons. The van der Waals surface area contributed by atoms with Gasteiger partial charge in [-0.3, -0.25) is 0 Å². The van der Waals surface area contributed by atoms with Crippen LogP contribution in [0.5, 0.6) is 5.75 Å². The van der Waals surface area contributed by atoms with Crippen LogP contribution in [0.25, 0.3) is 22.8 Å². The van der Waals surface area contributed by atoms with Crippen LogP contribution in [0.15, 0.2) is 42.5 Å².